The van der Waals surface area contributed by atoms with Crippen molar-refractivity contribution in [1.29, 1.82) is 0 Å². The Labute approximate surface area is 141 Å². The van der Waals surface area contributed by atoms with Gasteiger partial charge >= 0.3 is 141 Å². The second-order valence-corrected chi connectivity index (χ2v) is 6.27. The van der Waals surface area contributed by atoms with E-state index in [2.05, 4.69) is 22.2 Å². The normalized spacial score (nSPS) is 10.5. The fourth-order valence-electron chi connectivity index (χ4n) is 1.78. The second-order valence-electron chi connectivity index (χ2n) is 4.42. The minimum absolute atomic E-state index is 0.00309. The third-order valence-corrected chi connectivity index (χ3v) is 4.21. The van der Waals surface area contributed by atoms with Crippen molar-refractivity contribution >= 4 is 50.3 Å². The Morgan fingerprint density at radius 3 is 2.52 bits per heavy atom. The standard InChI is InChI=1S/C15H11AsCl2FNO/c16-12-8-13(18)14(19)7-11(12)15(21)20-6-5-9-1-3-10(17)4-2-9/h1-4,7-8H,5-6H2,(H,20,21). The molecule has 21 heavy (non-hydrogen) atoms. The molecule has 0 fully saturated rings. The van der Waals surface area contributed by atoms with E-state index in [0.29, 0.717) is 22.3 Å². The van der Waals surface area contributed by atoms with Gasteiger partial charge in [-0.25, -0.2) is 0 Å². The van der Waals surface area contributed by atoms with Gasteiger partial charge in [0.1, 0.15) is 0 Å². The average molecular weight is 386 g/mol. The van der Waals surface area contributed by atoms with Crippen LogP contribution in [0.5, 0.6) is 0 Å². The summed E-state index contributed by atoms with van der Waals surface area (Å²) in [7, 11) is 0. The van der Waals surface area contributed by atoms with Crippen LogP contribution in [0.1, 0.15) is 15.9 Å². The molecule has 0 aliphatic carbocycles. The van der Waals surface area contributed by atoms with E-state index in [1.165, 1.54) is 6.07 Å². The van der Waals surface area contributed by atoms with Crippen LogP contribution in [-0.2, 0) is 6.42 Å². The molecular formula is C15H11AsCl2FNO. The van der Waals surface area contributed by atoms with E-state index < -0.39 is 5.82 Å². The molecule has 0 saturated heterocycles. The zero-order valence-electron chi connectivity index (χ0n) is 10.9. The number of carbonyl (C=O) groups is 1. The molecule has 2 radical (unpaired) electrons. The molecule has 2 aromatic carbocycles. The van der Waals surface area contributed by atoms with E-state index in [1.54, 1.807) is 12.1 Å². The van der Waals surface area contributed by atoms with Crippen LogP contribution in [-0.4, -0.2) is 29.3 Å². The third-order valence-electron chi connectivity index (χ3n) is 2.90. The van der Waals surface area contributed by atoms with Gasteiger partial charge in [-0.1, -0.05) is 0 Å². The molecule has 2 nitrogen and oxygen atoms in total. The number of halogens is 3. The Kier molecular flexibility index (Phi) is 5.69. The summed E-state index contributed by atoms with van der Waals surface area (Å²) < 4.78 is 14.0. The molecule has 0 atom stereocenters. The second kappa shape index (κ2) is 7.30. The van der Waals surface area contributed by atoms with Crippen molar-refractivity contribution in [3.8, 4) is 0 Å². The number of hydrogen-bond donors (Lipinski definition) is 1. The molecule has 2 rings (SSSR count). The third kappa shape index (κ3) is 4.47. The molecule has 0 aliphatic heterocycles. The Bertz CT molecular complexity index is 661. The van der Waals surface area contributed by atoms with Crippen molar-refractivity contribution in [3.63, 3.8) is 0 Å². The monoisotopic (exact) mass is 385 g/mol. The molecule has 0 spiro atoms. The number of rotatable bonds is 4. The van der Waals surface area contributed by atoms with Gasteiger partial charge in [-0.15, -0.1) is 0 Å². The summed E-state index contributed by atoms with van der Waals surface area (Å²) in [6.45, 7) is 0.456. The summed E-state index contributed by atoms with van der Waals surface area (Å²) in [5, 5.41) is 3.43. The Hall–Kier alpha value is -1.02. The Morgan fingerprint density at radius 1 is 1.19 bits per heavy atom. The molecule has 0 unspecified atom stereocenters. The zero-order valence-corrected chi connectivity index (χ0v) is 14.3. The predicted octanol–water partition coefficient (Wildman–Crippen LogP) is 2.90. The van der Waals surface area contributed by atoms with E-state index in [-0.39, 0.29) is 16.5 Å². The first-order chi connectivity index (χ1) is 9.97. The first-order valence-corrected chi connectivity index (χ1v) is 7.87. The van der Waals surface area contributed by atoms with Crippen molar-refractivity contribution in [2.24, 2.45) is 0 Å². The van der Waals surface area contributed by atoms with Crippen molar-refractivity contribution in [3.05, 3.63) is 63.4 Å². The van der Waals surface area contributed by atoms with Gasteiger partial charge in [-0.05, 0) is 0 Å². The van der Waals surface area contributed by atoms with Gasteiger partial charge in [-0.2, -0.15) is 0 Å². The molecule has 0 saturated carbocycles. The summed E-state index contributed by atoms with van der Waals surface area (Å²) in [5.41, 5.74) is 1.34. The molecule has 108 valence electrons. The molecule has 0 bridgehead atoms. The van der Waals surface area contributed by atoms with E-state index in [9.17, 15) is 9.18 Å². The van der Waals surface area contributed by atoms with Gasteiger partial charge in [0.05, 0.1) is 0 Å². The average Bonchev–Trinajstić information content (AvgIpc) is 2.45. The van der Waals surface area contributed by atoms with Crippen LogP contribution < -0.4 is 9.67 Å². The minimum atomic E-state index is -0.602. The maximum atomic E-state index is 13.4. The summed E-state index contributed by atoms with van der Waals surface area (Å²) in [5.74, 6) is -0.926. The Morgan fingerprint density at radius 2 is 1.86 bits per heavy atom. The van der Waals surface area contributed by atoms with Crippen LogP contribution in [0.25, 0.3) is 0 Å². The van der Waals surface area contributed by atoms with Crippen molar-refractivity contribution in [1.82, 2.24) is 5.32 Å². The topological polar surface area (TPSA) is 29.1 Å². The zero-order chi connectivity index (χ0) is 15.4. The summed E-state index contributed by atoms with van der Waals surface area (Å²) in [6, 6.07) is 9.97. The SMILES string of the molecule is O=C(NCCc1ccc(Cl)cc1)c1cc(F)c(Cl)cc1[As]. The van der Waals surface area contributed by atoms with E-state index in [0.717, 1.165) is 11.6 Å². The van der Waals surface area contributed by atoms with Gasteiger partial charge in [0.15, 0.2) is 0 Å². The van der Waals surface area contributed by atoms with Crippen LogP contribution in [0.3, 0.4) is 0 Å². The van der Waals surface area contributed by atoms with Gasteiger partial charge in [0, 0.05) is 0 Å². The van der Waals surface area contributed by atoms with E-state index in [4.69, 9.17) is 23.2 Å². The molecule has 2 aromatic rings. The number of nitrogens with one attached hydrogen (secondary N) is 1. The quantitative estimate of drug-likeness (QED) is 0.805. The fraction of sp³-hybridized carbons (Fsp3) is 0.133. The van der Waals surface area contributed by atoms with Crippen LogP contribution in [0.15, 0.2) is 36.4 Å². The molecule has 0 heterocycles. The fourth-order valence-corrected chi connectivity index (χ4v) is 2.86. The molecule has 0 aromatic heterocycles. The molecule has 6 heteroatoms. The van der Waals surface area contributed by atoms with Crippen LogP contribution >= 0.6 is 23.2 Å². The van der Waals surface area contributed by atoms with Crippen molar-refractivity contribution in [2.75, 3.05) is 6.54 Å². The first-order valence-electron chi connectivity index (χ1n) is 6.18. The van der Waals surface area contributed by atoms with Crippen LogP contribution in [0.4, 0.5) is 4.39 Å². The molecule has 1 N–H and O–H groups in total. The molecule has 0 aliphatic rings. The number of amides is 1. The molecular weight excluding hydrogens is 375 g/mol. The molecule has 1 amide bonds. The van der Waals surface area contributed by atoms with Gasteiger partial charge < -0.3 is 0 Å². The predicted molar refractivity (Wildman–Crippen MR) is 84.3 cm³/mol. The van der Waals surface area contributed by atoms with Gasteiger partial charge in [-0.3, -0.25) is 0 Å². The van der Waals surface area contributed by atoms with Gasteiger partial charge in [0.25, 0.3) is 0 Å². The van der Waals surface area contributed by atoms with Crippen LogP contribution in [0, 0.1) is 5.82 Å². The Balaban J connectivity index is 1.96. The van der Waals surface area contributed by atoms with Gasteiger partial charge in [0.2, 0.25) is 0 Å². The maximum absolute atomic E-state index is 13.4. The first kappa shape index (κ1) is 16.4. The summed E-state index contributed by atoms with van der Waals surface area (Å²) in [6.07, 6.45) is 0.673. The number of carbonyl (C=O) groups excluding carboxylic acids is 1. The van der Waals surface area contributed by atoms with E-state index >= 15 is 0 Å². The van der Waals surface area contributed by atoms with E-state index in [1.807, 2.05) is 12.1 Å². The van der Waals surface area contributed by atoms with Crippen LogP contribution in [0.2, 0.25) is 10.0 Å². The summed E-state index contributed by atoms with van der Waals surface area (Å²) in [4.78, 5) is 12.0. The number of benzene rings is 2. The van der Waals surface area contributed by atoms with Crippen molar-refractivity contribution in [2.45, 2.75) is 6.42 Å². The number of hydrogen-bond acceptors (Lipinski definition) is 1. The van der Waals surface area contributed by atoms with Crippen molar-refractivity contribution < 1.29 is 9.18 Å². The summed E-state index contributed by atoms with van der Waals surface area (Å²) >= 11 is 13.7.